The van der Waals surface area contributed by atoms with Crippen molar-refractivity contribution in [3.63, 3.8) is 0 Å². The lowest BCUT2D eigenvalue weighted by Gasteiger charge is -2.31. The molecule has 1 rings (SSSR count). The van der Waals surface area contributed by atoms with Crippen LogP contribution in [0, 0.1) is 5.41 Å². The van der Waals surface area contributed by atoms with E-state index in [1.54, 1.807) is 4.90 Å². The van der Waals surface area contributed by atoms with E-state index in [0.29, 0.717) is 25.9 Å². The summed E-state index contributed by atoms with van der Waals surface area (Å²) in [7, 11) is -1.14. The molecule has 7 nitrogen and oxygen atoms in total. The molecule has 0 bridgehead atoms. The molecule has 1 aliphatic rings. The molecular weight excluding hydrogens is 455 g/mol. The summed E-state index contributed by atoms with van der Waals surface area (Å²) in [5.41, 5.74) is -0.190. The number of hydrogen-bond donors (Lipinski definition) is 2. The highest BCUT2D eigenvalue weighted by Gasteiger charge is 2.24. The molecular formula is C16H33IN4O3S. The minimum atomic E-state index is -2.96. The van der Waals surface area contributed by atoms with Gasteiger partial charge in [-0.25, -0.2) is 8.42 Å². The standard InChI is InChI=1S/C16H32N4O3S.HI/c1-6-17-15(19-13-7-8-14(21)20(4)11-13)18-12-16(2,3)9-10-24(5,22)23;/h13H,6-12H2,1-5H3,(H2,17,18,19);1H. The third-order valence-electron chi connectivity index (χ3n) is 4.13. The third-order valence-corrected chi connectivity index (χ3v) is 5.07. The SMILES string of the molecule is CCNC(=NCC(C)(C)CCS(C)(=O)=O)NC1CCC(=O)N(C)C1.I. The molecule has 0 aromatic carbocycles. The summed E-state index contributed by atoms with van der Waals surface area (Å²) in [6.07, 6.45) is 3.19. The molecule has 0 spiro atoms. The summed E-state index contributed by atoms with van der Waals surface area (Å²) in [6, 6.07) is 0.185. The normalized spacial score (nSPS) is 19.4. The van der Waals surface area contributed by atoms with E-state index >= 15 is 0 Å². The Bertz CT molecular complexity index is 564. The van der Waals surface area contributed by atoms with Gasteiger partial charge in [0.15, 0.2) is 5.96 Å². The Balaban J connectivity index is 0.00000576. The Morgan fingerprint density at radius 2 is 2.04 bits per heavy atom. The molecule has 1 aliphatic heterocycles. The van der Waals surface area contributed by atoms with Gasteiger partial charge < -0.3 is 15.5 Å². The fraction of sp³-hybridized carbons (Fsp3) is 0.875. The number of halogens is 1. The van der Waals surface area contributed by atoms with Crippen LogP contribution in [0.3, 0.4) is 0 Å². The number of sulfone groups is 1. The van der Waals surface area contributed by atoms with Gasteiger partial charge in [0.2, 0.25) is 5.91 Å². The number of rotatable bonds is 7. The van der Waals surface area contributed by atoms with Crippen LogP contribution in [0.1, 0.15) is 40.0 Å². The number of aliphatic imine (C=N–C) groups is 1. The van der Waals surface area contributed by atoms with Gasteiger partial charge in [0.1, 0.15) is 9.84 Å². The smallest absolute Gasteiger partial charge is 0.222 e. The van der Waals surface area contributed by atoms with E-state index < -0.39 is 9.84 Å². The maximum atomic E-state index is 11.6. The molecule has 0 aromatic heterocycles. The maximum Gasteiger partial charge on any atom is 0.222 e. The number of likely N-dealkylation sites (tertiary alicyclic amines) is 1. The molecule has 0 aliphatic carbocycles. The van der Waals surface area contributed by atoms with E-state index in [-0.39, 0.29) is 47.1 Å². The lowest BCUT2D eigenvalue weighted by Crippen LogP contribution is -2.51. The average Bonchev–Trinajstić information content (AvgIpc) is 2.46. The van der Waals surface area contributed by atoms with Crippen LogP contribution in [-0.4, -0.2) is 69.9 Å². The lowest BCUT2D eigenvalue weighted by molar-refractivity contribution is -0.132. The molecule has 0 radical (unpaired) electrons. The van der Waals surface area contributed by atoms with Crippen molar-refractivity contribution in [3.8, 4) is 0 Å². The van der Waals surface area contributed by atoms with Gasteiger partial charge in [-0.3, -0.25) is 9.79 Å². The van der Waals surface area contributed by atoms with Crippen molar-refractivity contribution >= 4 is 45.7 Å². The number of carbonyl (C=O) groups is 1. The van der Waals surface area contributed by atoms with Crippen LogP contribution in [0.15, 0.2) is 4.99 Å². The first-order chi connectivity index (χ1) is 11.0. The Labute approximate surface area is 169 Å². The Kier molecular flexibility index (Phi) is 10.3. The number of amides is 1. The number of piperidine rings is 1. The van der Waals surface area contributed by atoms with E-state index in [1.807, 2.05) is 27.8 Å². The summed E-state index contributed by atoms with van der Waals surface area (Å²) in [5.74, 6) is 1.07. The number of carbonyl (C=O) groups excluding carboxylic acids is 1. The van der Waals surface area contributed by atoms with Crippen LogP contribution in [0.2, 0.25) is 0 Å². The van der Waals surface area contributed by atoms with Gasteiger partial charge in [-0.15, -0.1) is 24.0 Å². The van der Waals surface area contributed by atoms with Gasteiger partial charge in [-0.05, 0) is 25.2 Å². The van der Waals surface area contributed by atoms with Gasteiger partial charge in [0, 0.05) is 45.4 Å². The number of nitrogens with zero attached hydrogens (tertiary/aromatic N) is 2. The predicted octanol–water partition coefficient (Wildman–Crippen LogP) is 1.24. The van der Waals surface area contributed by atoms with Crippen molar-refractivity contribution in [3.05, 3.63) is 0 Å². The highest BCUT2D eigenvalue weighted by molar-refractivity contribution is 14.0. The van der Waals surface area contributed by atoms with Gasteiger partial charge >= 0.3 is 0 Å². The van der Waals surface area contributed by atoms with Crippen molar-refractivity contribution in [1.82, 2.24) is 15.5 Å². The minimum absolute atomic E-state index is 0. The minimum Gasteiger partial charge on any atom is -0.357 e. The molecule has 25 heavy (non-hydrogen) atoms. The first-order valence-electron chi connectivity index (χ1n) is 8.49. The van der Waals surface area contributed by atoms with Crippen molar-refractivity contribution in [2.24, 2.45) is 10.4 Å². The van der Waals surface area contributed by atoms with E-state index in [1.165, 1.54) is 6.26 Å². The Morgan fingerprint density at radius 3 is 2.56 bits per heavy atom. The molecule has 9 heteroatoms. The monoisotopic (exact) mass is 488 g/mol. The van der Waals surface area contributed by atoms with Crippen molar-refractivity contribution in [2.75, 3.05) is 38.7 Å². The lowest BCUT2D eigenvalue weighted by atomic mass is 9.90. The quantitative estimate of drug-likeness (QED) is 0.320. The van der Waals surface area contributed by atoms with Crippen LogP contribution in [0.25, 0.3) is 0 Å². The fourth-order valence-electron chi connectivity index (χ4n) is 2.48. The van der Waals surface area contributed by atoms with E-state index in [0.717, 1.165) is 18.9 Å². The van der Waals surface area contributed by atoms with Crippen LogP contribution >= 0.6 is 24.0 Å². The third kappa shape index (κ3) is 10.2. The maximum absolute atomic E-state index is 11.6. The predicted molar refractivity (Wildman–Crippen MR) is 113 cm³/mol. The summed E-state index contributed by atoms with van der Waals surface area (Å²) in [6.45, 7) is 8.01. The van der Waals surface area contributed by atoms with Gasteiger partial charge in [0.05, 0.1) is 5.75 Å². The van der Waals surface area contributed by atoms with Crippen molar-refractivity contribution in [1.29, 1.82) is 0 Å². The van der Waals surface area contributed by atoms with Crippen LogP contribution in [-0.2, 0) is 14.6 Å². The van der Waals surface area contributed by atoms with Crippen LogP contribution < -0.4 is 10.6 Å². The molecule has 1 atom stereocenters. The highest BCUT2D eigenvalue weighted by atomic mass is 127. The molecule has 1 unspecified atom stereocenters. The molecule has 0 aromatic rings. The number of nitrogens with one attached hydrogen (secondary N) is 2. The highest BCUT2D eigenvalue weighted by Crippen LogP contribution is 2.21. The second-order valence-electron chi connectivity index (χ2n) is 7.39. The first kappa shape index (κ1) is 24.4. The summed E-state index contributed by atoms with van der Waals surface area (Å²) in [4.78, 5) is 17.9. The summed E-state index contributed by atoms with van der Waals surface area (Å²) >= 11 is 0. The van der Waals surface area contributed by atoms with E-state index in [9.17, 15) is 13.2 Å². The Morgan fingerprint density at radius 1 is 1.40 bits per heavy atom. The molecule has 0 saturated carbocycles. The molecule has 1 fully saturated rings. The molecule has 1 amide bonds. The number of likely N-dealkylation sites (N-methyl/N-ethyl adjacent to an activating group) is 1. The molecule has 1 heterocycles. The van der Waals surface area contributed by atoms with Crippen LogP contribution in [0.4, 0.5) is 0 Å². The van der Waals surface area contributed by atoms with E-state index in [2.05, 4.69) is 15.6 Å². The van der Waals surface area contributed by atoms with Crippen molar-refractivity contribution < 1.29 is 13.2 Å². The number of guanidine groups is 1. The first-order valence-corrected chi connectivity index (χ1v) is 10.5. The topological polar surface area (TPSA) is 90.9 Å². The second kappa shape index (κ2) is 10.5. The zero-order valence-corrected chi connectivity index (χ0v) is 19.1. The molecule has 2 N–H and O–H groups in total. The zero-order chi connectivity index (χ0) is 18.4. The van der Waals surface area contributed by atoms with Gasteiger partial charge in [-0.2, -0.15) is 0 Å². The molecule has 1 saturated heterocycles. The second-order valence-corrected chi connectivity index (χ2v) is 9.65. The summed E-state index contributed by atoms with van der Waals surface area (Å²) in [5, 5.41) is 6.60. The zero-order valence-electron chi connectivity index (χ0n) is 16.0. The van der Waals surface area contributed by atoms with Gasteiger partial charge in [-0.1, -0.05) is 13.8 Å². The van der Waals surface area contributed by atoms with Crippen LogP contribution in [0.5, 0.6) is 0 Å². The fourth-order valence-corrected chi connectivity index (χ4v) is 3.40. The summed E-state index contributed by atoms with van der Waals surface area (Å²) < 4.78 is 22.7. The largest absolute Gasteiger partial charge is 0.357 e. The average molecular weight is 488 g/mol. The van der Waals surface area contributed by atoms with E-state index in [4.69, 9.17) is 0 Å². The van der Waals surface area contributed by atoms with Gasteiger partial charge in [0.25, 0.3) is 0 Å². The molecule has 148 valence electrons. The Hall–Kier alpha value is -0.580. The number of hydrogen-bond acceptors (Lipinski definition) is 4. The van der Waals surface area contributed by atoms with Crippen molar-refractivity contribution in [2.45, 2.75) is 46.1 Å².